The summed E-state index contributed by atoms with van der Waals surface area (Å²) < 4.78 is 26.1. The average Bonchev–Trinajstić information content (AvgIpc) is 2.69. The predicted molar refractivity (Wildman–Crippen MR) is 71.1 cm³/mol. The van der Waals surface area contributed by atoms with Gasteiger partial charge in [0.15, 0.2) is 9.34 Å². The third-order valence-electron chi connectivity index (χ3n) is 2.37. The Morgan fingerprint density at radius 1 is 1.44 bits per heavy atom. The van der Waals surface area contributed by atoms with E-state index in [0.29, 0.717) is 11.4 Å². The first kappa shape index (κ1) is 12.8. The van der Waals surface area contributed by atoms with Crippen molar-refractivity contribution in [1.29, 1.82) is 0 Å². The van der Waals surface area contributed by atoms with Crippen LogP contribution in [0.15, 0.2) is 28.7 Å². The third kappa shape index (κ3) is 2.16. The molecule has 0 saturated heterocycles. The van der Waals surface area contributed by atoms with Crippen molar-refractivity contribution in [2.45, 2.75) is 11.1 Å². The molecule has 0 aromatic carbocycles. The van der Waals surface area contributed by atoms with Crippen LogP contribution in [0.25, 0.3) is 0 Å². The second-order valence-electron chi connectivity index (χ2n) is 3.61. The molecule has 0 aliphatic carbocycles. The number of nitrogens with zero attached hydrogens (tertiary/aromatic N) is 3. The van der Waals surface area contributed by atoms with Crippen molar-refractivity contribution in [2.75, 3.05) is 17.1 Å². The molecule has 2 heterocycles. The van der Waals surface area contributed by atoms with Crippen molar-refractivity contribution in [3.63, 3.8) is 0 Å². The molecule has 0 aliphatic rings. The van der Waals surface area contributed by atoms with Gasteiger partial charge in [0.2, 0.25) is 0 Å². The molecule has 0 atom stereocenters. The maximum atomic E-state index is 12.4. The van der Waals surface area contributed by atoms with Crippen LogP contribution in [-0.4, -0.2) is 25.4 Å². The normalized spacial score (nSPS) is 11.4. The van der Waals surface area contributed by atoms with Gasteiger partial charge in [-0.3, -0.25) is 9.29 Å². The lowest BCUT2D eigenvalue weighted by molar-refractivity contribution is 0.595. The Hall–Kier alpha value is -1.67. The number of aryl methyl sites for hydroxylation is 1. The van der Waals surface area contributed by atoms with Gasteiger partial charge in [-0.1, -0.05) is 11.3 Å². The van der Waals surface area contributed by atoms with Crippen molar-refractivity contribution in [1.82, 2.24) is 9.97 Å². The molecule has 96 valence electrons. The van der Waals surface area contributed by atoms with Crippen molar-refractivity contribution < 1.29 is 8.42 Å². The summed E-state index contributed by atoms with van der Waals surface area (Å²) in [6.07, 6.45) is 3.07. The number of pyridine rings is 1. The molecule has 0 saturated carbocycles. The van der Waals surface area contributed by atoms with Gasteiger partial charge in [0, 0.05) is 13.2 Å². The minimum Gasteiger partial charge on any atom is -0.375 e. The SMILES string of the molecule is Cc1nc(N)sc1S(=O)(=O)N(C)c1cccnc1. The minimum atomic E-state index is -3.63. The summed E-state index contributed by atoms with van der Waals surface area (Å²) in [5.41, 5.74) is 6.43. The number of aromatic nitrogens is 2. The number of nitrogen functional groups attached to an aromatic ring is 1. The van der Waals surface area contributed by atoms with Crippen molar-refractivity contribution in [2.24, 2.45) is 0 Å². The standard InChI is InChI=1S/C10H12N4O2S2/c1-7-9(17-10(11)13-7)18(15,16)14(2)8-4-3-5-12-6-8/h3-6H,1-2H3,(H2,11,13). The first-order chi connectivity index (χ1) is 8.43. The van der Waals surface area contributed by atoms with Crippen molar-refractivity contribution in [3.8, 4) is 0 Å². The zero-order chi connectivity index (χ0) is 13.3. The van der Waals surface area contributed by atoms with E-state index >= 15 is 0 Å². The smallest absolute Gasteiger partial charge is 0.275 e. The van der Waals surface area contributed by atoms with Gasteiger partial charge in [0.05, 0.1) is 17.6 Å². The highest BCUT2D eigenvalue weighted by Gasteiger charge is 2.26. The van der Waals surface area contributed by atoms with Crippen molar-refractivity contribution >= 4 is 32.2 Å². The summed E-state index contributed by atoms with van der Waals surface area (Å²) in [5, 5.41) is 0.241. The number of hydrogen-bond donors (Lipinski definition) is 1. The van der Waals surface area contributed by atoms with Crippen LogP contribution >= 0.6 is 11.3 Å². The lowest BCUT2D eigenvalue weighted by atomic mass is 10.4. The quantitative estimate of drug-likeness (QED) is 0.916. The maximum Gasteiger partial charge on any atom is 0.275 e. The highest BCUT2D eigenvalue weighted by Crippen LogP contribution is 2.29. The monoisotopic (exact) mass is 284 g/mol. The summed E-state index contributed by atoms with van der Waals surface area (Å²) >= 11 is 0.961. The van der Waals surface area contributed by atoms with Crippen LogP contribution in [0, 0.1) is 6.92 Å². The number of sulfonamides is 1. The topological polar surface area (TPSA) is 89.2 Å². The van der Waals surface area contributed by atoms with E-state index < -0.39 is 10.0 Å². The Bertz CT molecular complexity index is 652. The van der Waals surface area contributed by atoms with Crippen molar-refractivity contribution in [3.05, 3.63) is 30.2 Å². The molecule has 0 bridgehead atoms. The van der Waals surface area contributed by atoms with Crippen LogP contribution in [-0.2, 0) is 10.0 Å². The summed E-state index contributed by atoms with van der Waals surface area (Å²) in [7, 11) is -2.16. The van der Waals surface area contributed by atoms with E-state index in [1.54, 1.807) is 25.3 Å². The molecule has 0 fully saturated rings. The number of hydrogen-bond acceptors (Lipinski definition) is 6. The van der Waals surface area contributed by atoms with Crippen LogP contribution in [0.1, 0.15) is 5.69 Å². The maximum absolute atomic E-state index is 12.4. The Kier molecular flexibility index (Phi) is 3.22. The number of nitrogens with two attached hydrogens (primary N) is 1. The van der Waals surface area contributed by atoms with Gasteiger partial charge in [0.1, 0.15) is 0 Å². The molecule has 18 heavy (non-hydrogen) atoms. The fourth-order valence-corrected chi connectivity index (χ4v) is 4.08. The van der Waals surface area contributed by atoms with Crippen LogP contribution in [0.2, 0.25) is 0 Å². The van der Waals surface area contributed by atoms with Gasteiger partial charge in [-0.2, -0.15) is 0 Å². The lowest BCUT2D eigenvalue weighted by Gasteiger charge is -2.17. The molecule has 2 aromatic rings. The molecule has 0 radical (unpaired) electrons. The number of rotatable bonds is 3. The Labute approximate surface area is 109 Å². The minimum absolute atomic E-state index is 0.159. The fraction of sp³-hybridized carbons (Fsp3) is 0.200. The van der Waals surface area contributed by atoms with E-state index in [2.05, 4.69) is 9.97 Å². The molecule has 0 amide bonds. The second-order valence-corrected chi connectivity index (χ2v) is 6.80. The molecule has 8 heteroatoms. The first-order valence-corrected chi connectivity index (χ1v) is 7.30. The van der Waals surface area contributed by atoms with Crippen LogP contribution < -0.4 is 10.0 Å². The first-order valence-electron chi connectivity index (χ1n) is 5.05. The van der Waals surface area contributed by atoms with Crippen LogP contribution in [0.4, 0.5) is 10.8 Å². The summed E-state index contributed by atoms with van der Waals surface area (Å²) in [5.74, 6) is 0. The largest absolute Gasteiger partial charge is 0.375 e. The summed E-state index contributed by atoms with van der Waals surface area (Å²) in [6, 6.07) is 3.35. The predicted octanol–water partition coefficient (Wildman–Crippen LogP) is 1.25. The average molecular weight is 284 g/mol. The summed E-state index contributed by atoms with van der Waals surface area (Å²) in [4.78, 5) is 7.83. The molecule has 0 spiro atoms. The van der Waals surface area contributed by atoms with Gasteiger partial charge in [-0.05, 0) is 19.1 Å². The van der Waals surface area contributed by atoms with E-state index in [0.717, 1.165) is 11.3 Å². The molecule has 2 rings (SSSR count). The Morgan fingerprint density at radius 2 is 2.17 bits per heavy atom. The third-order valence-corrected chi connectivity index (χ3v) is 5.73. The van der Waals surface area contributed by atoms with Gasteiger partial charge >= 0.3 is 0 Å². The van der Waals surface area contributed by atoms with E-state index in [1.807, 2.05) is 0 Å². The van der Waals surface area contributed by atoms with Gasteiger partial charge in [0.25, 0.3) is 10.0 Å². The molecule has 0 unspecified atom stereocenters. The number of anilines is 2. The van der Waals surface area contributed by atoms with Crippen LogP contribution in [0.3, 0.4) is 0 Å². The van der Waals surface area contributed by atoms with E-state index in [1.165, 1.54) is 17.5 Å². The zero-order valence-corrected chi connectivity index (χ0v) is 11.5. The molecular weight excluding hydrogens is 272 g/mol. The Balaban J connectivity index is 2.47. The number of thiazole rings is 1. The van der Waals surface area contributed by atoms with Gasteiger partial charge < -0.3 is 5.73 Å². The van der Waals surface area contributed by atoms with E-state index in [9.17, 15) is 8.42 Å². The molecule has 6 nitrogen and oxygen atoms in total. The molecule has 2 aromatic heterocycles. The Morgan fingerprint density at radius 3 is 2.67 bits per heavy atom. The second kappa shape index (κ2) is 4.54. The van der Waals surface area contributed by atoms with E-state index in [-0.39, 0.29) is 9.34 Å². The molecule has 0 aliphatic heterocycles. The highest BCUT2D eigenvalue weighted by molar-refractivity contribution is 7.94. The van der Waals surface area contributed by atoms with Crippen LogP contribution in [0.5, 0.6) is 0 Å². The van der Waals surface area contributed by atoms with Gasteiger partial charge in [-0.15, -0.1) is 0 Å². The zero-order valence-electron chi connectivity index (χ0n) is 9.86. The van der Waals surface area contributed by atoms with Gasteiger partial charge in [-0.25, -0.2) is 13.4 Å². The fourth-order valence-electron chi connectivity index (χ4n) is 1.45. The highest BCUT2D eigenvalue weighted by atomic mass is 32.2. The lowest BCUT2D eigenvalue weighted by Crippen LogP contribution is -2.26. The summed E-state index contributed by atoms with van der Waals surface area (Å²) in [6.45, 7) is 1.62. The molecule has 2 N–H and O–H groups in total. The van der Waals surface area contributed by atoms with E-state index in [4.69, 9.17) is 5.73 Å². The molecular formula is C10H12N4O2S2.